The van der Waals surface area contributed by atoms with Crippen LogP contribution in [0.4, 0.5) is 0 Å². The quantitative estimate of drug-likeness (QED) is 0.515. The maximum Gasteiger partial charge on any atom is 0.328 e. The zero-order valence-electron chi connectivity index (χ0n) is 15.3. The third kappa shape index (κ3) is 5.27. The number of hydrogen-bond donors (Lipinski definition) is 1. The lowest BCUT2D eigenvalue weighted by Crippen LogP contribution is -2.49. The molecule has 0 bridgehead atoms. The molecule has 0 aromatic carbocycles. The monoisotopic (exact) mass is 328 g/mol. The van der Waals surface area contributed by atoms with Crippen LogP contribution in [0.25, 0.3) is 0 Å². The molecule has 0 saturated carbocycles. The lowest BCUT2D eigenvalue weighted by atomic mass is 10.0. The minimum atomic E-state index is -2.34. The van der Waals surface area contributed by atoms with E-state index in [9.17, 15) is 9.59 Å². The minimum Gasteiger partial charge on any atom is -0.515 e. The summed E-state index contributed by atoms with van der Waals surface area (Å²) in [6.45, 7) is 16.5. The van der Waals surface area contributed by atoms with Crippen molar-refractivity contribution < 1.29 is 19.1 Å². The van der Waals surface area contributed by atoms with Gasteiger partial charge in [0.15, 0.2) is 0 Å². The molecule has 0 aromatic heterocycles. The van der Waals surface area contributed by atoms with Gasteiger partial charge in [0.2, 0.25) is 0 Å². The Bertz CT molecular complexity index is 401. The van der Waals surface area contributed by atoms with Crippen LogP contribution in [0, 0.1) is 5.92 Å². The highest BCUT2D eigenvalue weighted by Crippen LogP contribution is 2.42. The molecule has 4 nitrogen and oxygen atoms in total. The molecule has 0 amide bonds. The van der Waals surface area contributed by atoms with Gasteiger partial charge in [-0.3, -0.25) is 0 Å². The van der Waals surface area contributed by atoms with E-state index in [0.29, 0.717) is 6.42 Å². The van der Waals surface area contributed by atoms with E-state index in [2.05, 4.69) is 41.5 Å². The zero-order chi connectivity index (χ0) is 17.7. The summed E-state index contributed by atoms with van der Waals surface area (Å²) in [7, 11) is -2.34. The van der Waals surface area contributed by atoms with Crippen LogP contribution < -0.4 is 0 Å². The number of hydrogen-bond acceptors (Lipinski definition) is 3. The number of carbonyl (C=O) groups excluding carboxylic acids is 1. The highest BCUT2D eigenvalue weighted by molar-refractivity contribution is 6.79. The Balaban J connectivity index is 5.60. The topological polar surface area (TPSA) is 63.6 Å². The number of rotatable bonds is 8. The molecule has 0 rings (SSSR count). The van der Waals surface area contributed by atoms with Crippen molar-refractivity contribution in [3.8, 4) is 0 Å². The van der Waals surface area contributed by atoms with Gasteiger partial charge in [0.25, 0.3) is 8.32 Å². The second-order valence-corrected chi connectivity index (χ2v) is 12.7. The van der Waals surface area contributed by atoms with Crippen molar-refractivity contribution in [2.45, 2.75) is 78.4 Å². The maximum absolute atomic E-state index is 12.6. The van der Waals surface area contributed by atoms with Gasteiger partial charge in [0.05, 0.1) is 0 Å². The van der Waals surface area contributed by atoms with E-state index < -0.39 is 20.3 Å². The average Bonchev–Trinajstić information content (AvgIpc) is 2.32. The largest absolute Gasteiger partial charge is 0.515 e. The van der Waals surface area contributed by atoms with E-state index in [1.165, 1.54) is 0 Å². The van der Waals surface area contributed by atoms with Crippen molar-refractivity contribution in [1.29, 1.82) is 0 Å². The average molecular weight is 329 g/mol. The molecule has 128 valence electrons. The first-order valence-corrected chi connectivity index (χ1v) is 10.3. The van der Waals surface area contributed by atoms with Gasteiger partial charge in [-0.25, -0.2) is 9.59 Å². The first kappa shape index (κ1) is 20.9. The summed E-state index contributed by atoms with van der Waals surface area (Å²) in [4.78, 5) is 23.6. The normalized spacial score (nSPS) is 13.4. The molecule has 0 heterocycles. The highest BCUT2D eigenvalue weighted by Gasteiger charge is 2.48. The summed E-state index contributed by atoms with van der Waals surface area (Å²) in [5.41, 5.74) is 1.10. The summed E-state index contributed by atoms with van der Waals surface area (Å²) >= 11 is 0. The molecule has 0 spiro atoms. The van der Waals surface area contributed by atoms with Gasteiger partial charge in [0.1, 0.15) is 0 Å². The van der Waals surface area contributed by atoms with Crippen LogP contribution in [0.2, 0.25) is 16.6 Å². The lowest BCUT2D eigenvalue weighted by Gasteiger charge is -2.41. The van der Waals surface area contributed by atoms with Crippen molar-refractivity contribution >= 4 is 20.3 Å². The molecule has 1 N–H and O–H groups in total. The molecule has 0 aromatic rings. The van der Waals surface area contributed by atoms with Crippen LogP contribution >= 0.6 is 0 Å². The molecule has 0 aliphatic carbocycles. The van der Waals surface area contributed by atoms with E-state index in [1.807, 2.05) is 13.8 Å². The summed E-state index contributed by atoms with van der Waals surface area (Å²) < 4.78 is 6.05. The van der Waals surface area contributed by atoms with Gasteiger partial charge >= 0.3 is 11.9 Å². The van der Waals surface area contributed by atoms with Crippen LogP contribution in [0.1, 0.15) is 61.8 Å². The van der Waals surface area contributed by atoms with Crippen molar-refractivity contribution in [3.63, 3.8) is 0 Å². The van der Waals surface area contributed by atoms with Gasteiger partial charge in [-0.2, -0.15) is 0 Å². The lowest BCUT2D eigenvalue weighted by molar-refractivity contribution is -0.134. The third-order valence-electron chi connectivity index (χ3n) is 4.16. The Morgan fingerprint density at radius 2 is 1.36 bits per heavy atom. The summed E-state index contributed by atoms with van der Waals surface area (Å²) in [6, 6.07) is 0. The van der Waals surface area contributed by atoms with Gasteiger partial charge in [-0.1, -0.05) is 55.4 Å². The molecule has 0 saturated heterocycles. The zero-order valence-corrected chi connectivity index (χ0v) is 16.3. The minimum absolute atomic E-state index is 0.200. The van der Waals surface area contributed by atoms with Crippen LogP contribution in [0.3, 0.4) is 0 Å². The Hall–Kier alpha value is -1.10. The predicted octanol–water partition coefficient (Wildman–Crippen LogP) is 4.76. The molecular weight excluding hydrogens is 296 g/mol. The fraction of sp³-hybridized carbons (Fsp3) is 0.765. The SMILES string of the molecule is CC(C)C/C(=C/C(=O)O)C(=O)O[Si](C(C)C)(C(C)C)C(C)C. The molecule has 0 aliphatic heterocycles. The number of carboxylic acids is 1. The van der Waals surface area contributed by atoms with Gasteiger partial charge < -0.3 is 9.53 Å². The molecule has 5 heteroatoms. The molecular formula is C17H32O4Si. The second kappa shape index (κ2) is 8.51. The Morgan fingerprint density at radius 1 is 0.955 bits per heavy atom. The van der Waals surface area contributed by atoms with E-state index in [1.54, 1.807) is 0 Å². The Morgan fingerprint density at radius 3 is 1.64 bits per heavy atom. The fourth-order valence-corrected chi connectivity index (χ4v) is 8.53. The van der Waals surface area contributed by atoms with Crippen LogP contribution in [-0.4, -0.2) is 25.4 Å². The number of carboxylic acid groups (broad SMARTS) is 1. The summed E-state index contributed by atoms with van der Waals surface area (Å²) in [5.74, 6) is -1.34. The fourth-order valence-electron chi connectivity index (χ4n) is 3.37. The predicted molar refractivity (Wildman–Crippen MR) is 92.3 cm³/mol. The molecule has 0 radical (unpaired) electrons. The van der Waals surface area contributed by atoms with Gasteiger partial charge in [0, 0.05) is 11.6 Å². The molecule has 0 atom stereocenters. The third-order valence-corrected chi connectivity index (χ3v) is 10.1. The standard InChI is InChI=1S/C17H32O4Si/c1-11(2)9-15(10-16(18)19)17(20)21-22(12(3)4,13(5)6)14(7)8/h10-14H,9H2,1-8H3,(H,18,19)/b15-10-. The smallest absolute Gasteiger partial charge is 0.328 e. The van der Waals surface area contributed by atoms with Crippen LogP contribution in [0.5, 0.6) is 0 Å². The van der Waals surface area contributed by atoms with Crippen LogP contribution in [0.15, 0.2) is 11.6 Å². The van der Waals surface area contributed by atoms with Gasteiger partial charge in [-0.15, -0.1) is 0 Å². The van der Waals surface area contributed by atoms with Crippen molar-refractivity contribution in [3.05, 3.63) is 11.6 Å². The molecule has 0 unspecified atom stereocenters. The van der Waals surface area contributed by atoms with E-state index >= 15 is 0 Å². The van der Waals surface area contributed by atoms with E-state index in [-0.39, 0.29) is 28.1 Å². The second-order valence-electron chi connectivity index (χ2n) is 7.31. The van der Waals surface area contributed by atoms with E-state index in [0.717, 1.165) is 6.08 Å². The first-order chi connectivity index (χ1) is 9.95. The first-order valence-electron chi connectivity index (χ1n) is 8.11. The van der Waals surface area contributed by atoms with Crippen LogP contribution in [-0.2, 0) is 14.0 Å². The van der Waals surface area contributed by atoms with E-state index in [4.69, 9.17) is 9.53 Å². The molecule has 0 aliphatic rings. The Labute approximate surface area is 136 Å². The number of aliphatic carboxylic acids is 1. The molecule has 0 fully saturated rings. The Kier molecular flexibility index (Phi) is 8.08. The van der Waals surface area contributed by atoms with Gasteiger partial charge in [-0.05, 0) is 29.0 Å². The summed E-state index contributed by atoms with van der Waals surface area (Å²) in [6.07, 6.45) is 1.42. The maximum atomic E-state index is 12.6. The number of carbonyl (C=O) groups is 2. The van der Waals surface area contributed by atoms with Crippen molar-refractivity contribution in [1.82, 2.24) is 0 Å². The highest BCUT2D eigenvalue weighted by atomic mass is 28.4. The summed E-state index contributed by atoms with van der Waals surface area (Å²) in [5, 5.41) is 9.00. The molecule has 22 heavy (non-hydrogen) atoms. The van der Waals surface area contributed by atoms with Crippen molar-refractivity contribution in [2.75, 3.05) is 0 Å². The van der Waals surface area contributed by atoms with Crippen molar-refractivity contribution in [2.24, 2.45) is 5.92 Å².